The van der Waals surface area contributed by atoms with Crippen molar-refractivity contribution >= 4 is 17.2 Å². The van der Waals surface area contributed by atoms with Gasteiger partial charge in [0.25, 0.3) is 5.91 Å². The van der Waals surface area contributed by atoms with Gasteiger partial charge in [-0.3, -0.25) is 4.79 Å². The Balaban J connectivity index is 1.94. The molecule has 0 saturated heterocycles. The van der Waals surface area contributed by atoms with Crippen molar-refractivity contribution in [1.29, 1.82) is 0 Å². The lowest BCUT2D eigenvalue weighted by molar-refractivity contribution is 0.0996. The summed E-state index contributed by atoms with van der Waals surface area (Å²) in [6.07, 6.45) is 4.87. The molecule has 4 aromatic rings. The Hall–Kier alpha value is -3.29. The van der Waals surface area contributed by atoms with Crippen LogP contribution in [0.15, 0.2) is 30.7 Å². The van der Waals surface area contributed by atoms with Crippen molar-refractivity contribution in [2.45, 2.75) is 13.8 Å². The zero-order chi connectivity index (χ0) is 17.0. The van der Waals surface area contributed by atoms with Gasteiger partial charge in [0, 0.05) is 18.0 Å². The lowest BCUT2D eigenvalue weighted by Crippen LogP contribution is -2.10. The van der Waals surface area contributed by atoms with E-state index in [0.29, 0.717) is 11.3 Å². The smallest absolute Gasteiger partial charge is 0.268 e. The summed E-state index contributed by atoms with van der Waals surface area (Å²) in [5, 5.41) is 4.48. The highest BCUT2D eigenvalue weighted by molar-refractivity contribution is 5.91. The maximum absolute atomic E-state index is 14.3. The molecule has 7 nitrogen and oxygen atoms in total. The molecule has 0 aliphatic rings. The summed E-state index contributed by atoms with van der Waals surface area (Å²) in [7, 11) is 0. The van der Waals surface area contributed by atoms with Crippen molar-refractivity contribution in [3.63, 3.8) is 0 Å². The summed E-state index contributed by atoms with van der Waals surface area (Å²) in [6, 6.07) is 3.18. The highest BCUT2D eigenvalue weighted by Crippen LogP contribution is 2.23. The summed E-state index contributed by atoms with van der Waals surface area (Å²) < 4.78 is 17.5. The van der Waals surface area contributed by atoms with Crippen molar-refractivity contribution in [2.24, 2.45) is 5.73 Å². The third-order valence-electron chi connectivity index (χ3n) is 3.78. The van der Waals surface area contributed by atoms with Crippen LogP contribution in [-0.2, 0) is 0 Å². The maximum Gasteiger partial charge on any atom is 0.268 e. The van der Waals surface area contributed by atoms with Crippen LogP contribution < -0.4 is 5.73 Å². The normalized spacial score (nSPS) is 11.5. The van der Waals surface area contributed by atoms with Gasteiger partial charge in [-0.1, -0.05) is 0 Å². The monoisotopic (exact) mass is 324 g/mol. The fraction of sp³-hybridized carbons (Fsp3) is 0.125. The van der Waals surface area contributed by atoms with Crippen LogP contribution in [0.4, 0.5) is 4.39 Å². The number of rotatable bonds is 2. The van der Waals surface area contributed by atoms with Gasteiger partial charge in [0.2, 0.25) is 0 Å². The number of aromatic nitrogens is 5. The number of fused-ring (bicyclic) bond motifs is 2. The van der Waals surface area contributed by atoms with Gasteiger partial charge in [0.1, 0.15) is 5.69 Å². The number of primary amides is 1. The second kappa shape index (κ2) is 4.85. The fourth-order valence-corrected chi connectivity index (χ4v) is 2.70. The van der Waals surface area contributed by atoms with Gasteiger partial charge in [-0.15, -0.1) is 0 Å². The summed E-state index contributed by atoms with van der Waals surface area (Å²) >= 11 is 0. The molecule has 4 heterocycles. The van der Waals surface area contributed by atoms with E-state index in [0.717, 1.165) is 16.9 Å². The van der Waals surface area contributed by atoms with Crippen molar-refractivity contribution in [3.8, 4) is 11.3 Å². The van der Waals surface area contributed by atoms with Crippen LogP contribution in [0.3, 0.4) is 0 Å². The third-order valence-corrected chi connectivity index (χ3v) is 3.78. The van der Waals surface area contributed by atoms with Crippen LogP contribution >= 0.6 is 0 Å². The molecule has 0 atom stereocenters. The van der Waals surface area contributed by atoms with Crippen molar-refractivity contribution in [1.82, 2.24) is 24.0 Å². The van der Waals surface area contributed by atoms with E-state index in [2.05, 4.69) is 15.1 Å². The topological polar surface area (TPSA) is 90.6 Å². The molecule has 0 spiro atoms. The Bertz CT molecular complexity index is 1130. The zero-order valence-electron chi connectivity index (χ0n) is 13.0. The highest BCUT2D eigenvalue weighted by atomic mass is 19.1. The molecule has 0 fully saturated rings. The lowest BCUT2D eigenvalue weighted by Gasteiger charge is -2.06. The minimum absolute atomic E-state index is 0.0101. The van der Waals surface area contributed by atoms with E-state index in [4.69, 9.17) is 5.73 Å². The van der Waals surface area contributed by atoms with Gasteiger partial charge < -0.3 is 10.1 Å². The van der Waals surface area contributed by atoms with E-state index >= 15 is 0 Å². The number of amides is 1. The van der Waals surface area contributed by atoms with Gasteiger partial charge in [-0.2, -0.15) is 5.10 Å². The first-order valence-corrected chi connectivity index (χ1v) is 7.24. The van der Waals surface area contributed by atoms with E-state index in [-0.39, 0.29) is 11.3 Å². The molecule has 0 aliphatic heterocycles. The molecule has 1 amide bonds. The van der Waals surface area contributed by atoms with Gasteiger partial charge in [0.15, 0.2) is 17.1 Å². The summed E-state index contributed by atoms with van der Waals surface area (Å²) in [6.45, 7) is 3.81. The number of hydrogen-bond acceptors (Lipinski definition) is 4. The minimum Gasteiger partial charge on any atom is -0.364 e. The summed E-state index contributed by atoms with van der Waals surface area (Å²) in [5.74, 6) is -1.26. The Kier molecular flexibility index (Phi) is 2.89. The van der Waals surface area contributed by atoms with Gasteiger partial charge in [0.05, 0.1) is 17.6 Å². The standard InChI is InChI=1S/C16H13FN6O/c1-8-3-12(21-23-5-9(2)19-15(8)23)10-4-11(17)16-20-13(14(18)24)7-22(16)6-10/h3-7H,1-2H3,(H2,18,24). The van der Waals surface area contributed by atoms with E-state index in [1.807, 2.05) is 26.1 Å². The molecule has 0 saturated carbocycles. The van der Waals surface area contributed by atoms with Crippen LogP contribution in [0.5, 0.6) is 0 Å². The van der Waals surface area contributed by atoms with E-state index < -0.39 is 11.7 Å². The number of imidazole rings is 2. The molecule has 0 aromatic carbocycles. The molecule has 0 aliphatic carbocycles. The zero-order valence-corrected chi connectivity index (χ0v) is 13.0. The highest BCUT2D eigenvalue weighted by Gasteiger charge is 2.14. The molecular formula is C16H13FN6O. The summed E-state index contributed by atoms with van der Waals surface area (Å²) in [5.41, 5.74) is 8.95. The number of nitrogens with zero attached hydrogens (tertiary/aromatic N) is 5. The minimum atomic E-state index is -0.705. The van der Waals surface area contributed by atoms with Gasteiger partial charge in [-0.05, 0) is 31.5 Å². The Morgan fingerprint density at radius 3 is 2.67 bits per heavy atom. The molecule has 4 aromatic heterocycles. The average molecular weight is 324 g/mol. The number of pyridine rings is 1. The van der Waals surface area contributed by atoms with Gasteiger partial charge >= 0.3 is 0 Å². The van der Waals surface area contributed by atoms with Gasteiger partial charge in [-0.25, -0.2) is 18.9 Å². The Morgan fingerprint density at radius 2 is 1.92 bits per heavy atom. The van der Waals surface area contributed by atoms with E-state index in [9.17, 15) is 9.18 Å². The van der Waals surface area contributed by atoms with Crippen LogP contribution in [0.25, 0.3) is 22.6 Å². The van der Waals surface area contributed by atoms with Crippen LogP contribution in [0, 0.1) is 19.7 Å². The molecule has 2 N–H and O–H groups in total. The van der Waals surface area contributed by atoms with Crippen LogP contribution in [0.1, 0.15) is 21.7 Å². The number of halogens is 1. The maximum atomic E-state index is 14.3. The van der Waals surface area contributed by atoms with E-state index in [1.54, 1.807) is 10.7 Å². The lowest BCUT2D eigenvalue weighted by atomic mass is 10.1. The molecule has 0 unspecified atom stereocenters. The third kappa shape index (κ3) is 2.11. The predicted molar refractivity (Wildman–Crippen MR) is 85.1 cm³/mol. The quantitative estimate of drug-likeness (QED) is 0.610. The second-order valence-corrected chi connectivity index (χ2v) is 5.66. The number of carbonyl (C=O) groups is 1. The fourth-order valence-electron chi connectivity index (χ4n) is 2.70. The Labute approximate surface area is 135 Å². The SMILES string of the molecule is Cc1cn2nc(-c3cc(F)c4nc(C(N)=O)cn4c3)cc(C)c2n1. The van der Waals surface area contributed by atoms with Crippen molar-refractivity contribution < 1.29 is 9.18 Å². The second-order valence-electron chi connectivity index (χ2n) is 5.66. The van der Waals surface area contributed by atoms with Crippen molar-refractivity contribution in [2.75, 3.05) is 0 Å². The molecule has 0 bridgehead atoms. The molecule has 24 heavy (non-hydrogen) atoms. The molecular weight excluding hydrogens is 311 g/mol. The number of aryl methyl sites for hydroxylation is 2. The Morgan fingerprint density at radius 1 is 1.12 bits per heavy atom. The molecule has 4 rings (SSSR count). The number of carbonyl (C=O) groups excluding carboxylic acids is 1. The first-order chi connectivity index (χ1) is 11.4. The van der Waals surface area contributed by atoms with Crippen LogP contribution in [0.2, 0.25) is 0 Å². The summed E-state index contributed by atoms with van der Waals surface area (Å²) in [4.78, 5) is 19.5. The van der Waals surface area contributed by atoms with Crippen molar-refractivity contribution in [3.05, 3.63) is 53.5 Å². The molecule has 0 radical (unpaired) electrons. The number of nitrogens with two attached hydrogens (primary N) is 1. The van der Waals surface area contributed by atoms with E-state index in [1.165, 1.54) is 16.7 Å². The molecule has 120 valence electrons. The average Bonchev–Trinajstić information content (AvgIpc) is 3.10. The first kappa shape index (κ1) is 14.3. The predicted octanol–water partition coefficient (Wildman–Crippen LogP) is 1.90. The number of hydrogen-bond donors (Lipinski definition) is 1. The van der Waals surface area contributed by atoms with Crippen LogP contribution in [-0.4, -0.2) is 29.9 Å². The first-order valence-electron chi connectivity index (χ1n) is 7.24. The molecule has 8 heteroatoms. The largest absolute Gasteiger partial charge is 0.364 e.